The molecule has 3 amide bonds. The van der Waals surface area contributed by atoms with E-state index in [1.165, 1.54) is 0 Å². The number of primary amides is 1. The van der Waals surface area contributed by atoms with E-state index in [0.29, 0.717) is 6.42 Å². The molecule has 0 aliphatic heterocycles. The van der Waals surface area contributed by atoms with Crippen LogP contribution in [0.2, 0.25) is 0 Å². The van der Waals surface area contributed by atoms with E-state index in [1.807, 2.05) is 0 Å². The molecule has 0 fully saturated rings. The lowest BCUT2D eigenvalue weighted by Crippen LogP contribution is -2.40. The maximum Gasteiger partial charge on any atom is 0.239 e. The molecule has 0 aromatic carbocycles. The Morgan fingerprint density at radius 1 is 0.941 bits per heavy atom. The minimum absolute atomic E-state index is 0.111. The lowest BCUT2D eigenvalue weighted by Gasteiger charge is -2.05. The molecule has 0 saturated carbocycles. The van der Waals surface area contributed by atoms with Crippen LogP contribution < -0.4 is 16.4 Å². The molecule has 0 aliphatic carbocycles. The highest BCUT2D eigenvalue weighted by Gasteiger charge is 2.05. The Morgan fingerprint density at radius 2 is 1.59 bits per heavy atom. The van der Waals surface area contributed by atoms with Crippen LogP contribution in [0.3, 0.4) is 0 Å². The van der Waals surface area contributed by atoms with E-state index in [-0.39, 0.29) is 19.0 Å². The van der Waals surface area contributed by atoms with Crippen molar-refractivity contribution in [1.29, 1.82) is 0 Å². The van der Waals surface area contributed by atoms with Gasteiger partial charge in [0.2, 0.25) is 17.7 Å². The van der Waals surface area contributed by atoms with Gasteiger partial charge >= 0.3 is 0 Å². The number of nitrogens with one attached hydrogen (secondary N) is 2. The molecule has 0 bridgehead atoms. The van der Waals surface area contributed by atoms with Crippen molar-refractivity contribution in [2.45, 2.75) is 39.0 Å². The zero-order chi connectivity index (χ0) is 13.1. The lowest BCUT2D eigenvalue weighted by molar-refractivity contribution is -0.127. The van der Waals surface area contributed by atoms with Crippen LogP contribution in [0.4, 0.5) is 0 Å². The molecule has 0 radical (unpaired) electrons. The fraction of sp³-hybridized carbons (Fsp3) is 0.727. The second-order valence-corrected chi connectivity index (χ2v) is 3.83. The number of rotatable bonds is 9. The van der Waals surface area contributed by atoms with Gasteiger partial charge in [-0.25, -0.2) is 0 Å². The fourth-order valence-electron chi connectivity index (χ4n) is 1.23. The van der Waals surface area contributed by atoms with Crippen LogP contribution in [0.25, 0.3) is 0 Å². The van der Waals surface area contributed by atoms with E-state index >= 15 is 0 Å². The predicted molar refractivity (Wildman–Crippen MR) is 64.0 cm³/mol. The summed E-state index contributed by atoms with van der Waals surface area (Å²) in [4.78, 5) is 32.7. The Kier molecular flexibility index (Phi) is 8.72. The normalized spacial score (nSPS) is 9.71. The van der Waals surface area contributed by atoms with Crippen LogP contribution in [-0.2, 0) is 14.4 Å². The first-order valence-electron chi connectivity index (χ1n) is 5.88. The van der Waals surface area contributed by atoms with E-state index in [2.05, 4.69) is 17.6 Å². The van der Waals surface area contributed by atoms with Crippen LogP contribution in [-0.4, -0.2) is 30.8 Å². The third-order valence-electron chi connectivity index (χ3n) is 2.16. The molecule has 0 aromatic rings. The number of hydrogen-bond donors (Lipinski definition) is 3. The van der Waals surface area contributed by atoms with Gasteiger partial charge in [0, 0.05) is 6.42 Å². The van der Waals surface area contributed by atoms with Gasteiger partial charge in [0.25, 0.3) is 0 Å². The van der Waals surface area contributed by atoms with Crippen LogP contribution in [0.1, 0.15) is 39.0 Å². The Hall–Kier alpha value is -1.59. The molecule has 0 saturated heterocycles. The van der Waals surface area contributed by atoms with Crippen molar-refractivity contribution < 1.29 is 14.4 Å². The lowest BCUT2D eigenvalue weighted by atomic mass is 10.1. The summed E-state index contributed by atoms with van der Waals surface area (Å²) in [6, 6.07) is 0. The summed E-state index contributed by atoms with van der Waals surface area (Å²) in [5.41, 5.74) is 4.85. The minimum Gasteiger partial charge on any atom is -0.368 e. The number of unbranched alkanes of at least 4 members (excludes halogenated alkanes) is 3. The highest BCUT2D eigenvalue weighted by atomic mass is 16.2. The SMILES string of the molecule is CCCCCCC(=O)NCC(=O)NCC(N)=O. The van der Waals surface area contributed by atoms with Crippen molar-refractivity contribution in [1.82, 2.24) is 10.6 Å². The third kappa shape index (κ3) is 10.7. The largest absolute Gasteiger partial charge is 0.368 e. The quantitative estimate of drug-likeness (QED) is 0.483. The molecule has 6 nitrogen and oxygen atoms in total. The molecule has 0 aliphatic rings. The topological polar surface area (TPSA) is 101 Å². The second kappa shape index (κ2) is 9.62. The molecular weight excluding hydrogens is 222 g/mol. The van der Waals surface area contributed by atoms with Crippen molar-refractivity contribution in [2.24, 2.45) is 5.73 Å². The standard InChI is InChI=1S/C11H21N3O3/c1-2-3-4-5-6-10(16)14-8-11(17)13-7-9(12)15/h2-8H2,1H3,(H2,12,15)(H,13,17)(H,14,16). The Morgan fingerprint density at radius 3 is 2.18 bits per heavy atom. The number of carbonyl (C=O) groups is 3. The smallest absolute Gasteiger partial charge is 0.239 e. The van der Waals surface area contributed by atoms with Gasteiger partial charge in [-0.1, -0.05) is 26.2 Å². The van der Waals surface area contributed by atoms with E-state index in [1.54, 1.807) is 0 Å². The van der Waals surface area contributed by atoms with Gasteiger partial charge in [-0.05, 0) is 6.42 Å². The Labute approximate surface area is 101 Å². The van der Waals surface area contributed by atoms with Gasteiger partial charge in [0.1, 0.15) is 0 Å². The molecule has 0 spiro atoms. The van der Waals surface area contributed by atoms with Gasteiger partial charge in [0.15, 0.2) is 0 Å². The maximum atomic E-state index is 11.3. The van der Waals surface area contributed by atoms with Crippen molar-refractivity contribution in [2.75, 3.05) is 13.1 Å². The zero-order valence-corrected chi connectivity index (χ0v) is 10.3. The first-order valence-corrected chi connectivity index (χ1v) is 5.88. The molecule has 0 atom stereocenters. The van der Waals surface area contributed by atoms with Crippen LogP contribution in [0.5, 0.6) is 0 Å². The summed E-state index contributed by atoms with van der Waals surface area (Å²) >= 11 is 0. The van der Waals surface area contributed by atoms with E-state index in [4.69, 9.17) is 5.73 Å². The molecule has 0 heterocycles. The monoisotopic (exact) mass is 243 g/mol. The van der Waals surface area contributed by atoms with E-state index in [9.17, 15) is 14.4 Å². The minimum atomic E-state index is -0.607. The van der Waals surface area contributed by atoms with E-state index < -0.39 is 11.8 Å². The van der Waals surface area contributed by atoms with Gasteiger partial charge < -0.3 is 16.4 Å². The van der Waals surface area contributed by atoms with Crippen molar-refractivity contribution in [3.8, 4) is 0 Å². The van der Waals surface area contributed by atoms with Gasteiger partial charge in [-0.2, -0.15) is 0 Å². The highest BCUT2D eigenvalue weighted by Crippen LogP contribution is 2.01. The molecule has 17 heavy (non-hydrogen) atoms. The first-order chi connectivity index (χ1) is 8.06. The Bertz CT molecular complexity index is 267. The van der Waals surface area contributed by atoms with Crippen molar-refractivity contribution in [3.05, 3.63) is 0 Å². The molecular formula is C11H21N3O3. The molecule has 98 valence electrons. The summed E-state index contributed by atoms with van der Waals surface area (Å²) in [6.07, 6.45) is 4.53. The number of amides is 3. The molecule has 0 rings (SSSR count). The summed E-state index contributed by atoms with van der Waals surface area (Å²) in [5, 5.41) is 4.77. The molecule has 4 N–H and O–H groups in total. The summed E-state index contributed by atoms with van der Waals surface area (Å²) < 4.78 is 0. The fourth-order valence-corrected chi connectivity index (χ4v) is 1.23. The summed E-state index contributed by atoms with van der Waals surface area (Å²) in [6.45, 7) is 1.79. The summed E-state index contributed by atoms with van der Waals surface area (Å²) in [7, 11) is 0. The average Bonchev–Trinajstić information content (AvgIpc) is 2.29. The van der Waals surface area contributed by atoms with Crippen LogP contribution in [0.15, 0.2) is 0 Å². The average molecular weight is 243 g/mol. The molecule has 0 unspecified atom stereocenters. The first kappa shape index (κ1) is 15.4. The van der Waals surface area contributed by atoms with Gasteiger partial charge in [0.05, 0.1) is 13.1 Å². The summed E-state index contributed by atoms with van der Waals surface area (Å²) in [5.74, 6) is -1.16. The predicted octanol–water partition coefficient (Wildman–Crippen LogP) is -0.325. The Balaban J connectivity index is 3.49. The van der Waals surface area contributed by atoms with E-state index in [0.717, 1.165) is 25.7 Å². The van der Waals surface area contributed by atoms with Crippen LogP contribution in [0, 0.1) is 0 Å². The number of nitrogens with two attached hydrogens (primary N) is 1. The highest BCUT2D eigenvalue weighted by molar-refractivity contribution is 5.87. The maximum absolute atomic E-state index is 11.3. The molecule has 6 heteroatoms. The zero-order valence-electron chi connectivity index (χ0n) is 10.3. The molecule has 0 aromatic heterocycles. The van der Waals surface area contributed by atoms with Crippen molar-refractivity contribution >= 4 is 17.7 Å². The van der Waals surface area contributed by atoms with Gasteiger partial charge in [-0.3, -0.25) is 14.4 Å². The van der Waals surface area contributed by atoms with Crippen LogP contribution >= 0.6 is 0 Å². The number of hydrogen-bond acceptors (Lipinski definition) is 3. The van der Waals surface area contributed by atoms with Crippen molar-refractivity contribution in [3.63, 3.8) is 0 Å². The third-order valence-corrected chi connectivity index (χ3v) is 2.16. The second-order valence-electron chi connectivity index (χ2n) is 3.83. The number of carbonyl (C=O) groups excluding carboxylic acids is 3. The van der Waals surface area contributed by atoms with Gasteiger partial charge in [-0.15, -0.1) is 0 Å².